The zero-order chi connectivity index (χ0) is 14.8. The molecule has 0 aliphatic heterocycles. The fourth-order valence-corrected chi connectivity index (χ4v) is 2.43. The van der Waals surface area contributed by atoms with Gasteiger partial charge in [-0.15, -0.1) is 11.3 Å². The molecule has 0 aliphatic rings. The van der Waals surface area contributed by atoms with E-state index in [1.54, 1.807) is 5.38 Å². The molecule has 108 valence electrons. The first kappa shape index (κ1) is 14.6. The van der Waals surface area contributed by atoms with Crippen LogP contribution in [-0.4, -0.2) is 37.8 Å². The van der Waals surface area contributed by atoms with Crippen molar-refractivity contribution in [2.45, 2.75) is 32.2 Å². The van der Waals surface area contributed by atoms with Crippen LogP contribution >= 0.6 is 11.3 Å². The molecule has 1 amide bonds. The lowest BCUT2D eigenvalue weighted by atomic mass is 9.98. The Morgan fingerprint density at radius 2 is 2.30 bits per heavy atom. The second kappa shape index (κ2) is 5.68. The Labute approximate surface area is 120 Å². The fourth-order valence-electron chi connectivity index (χ4n) is 1.54. The molecule has 2 aromatic rings. The number of nitrogens with zero attached hydrogens (tertiary/aromatic N) is 3. The number of thiazole rings is 1. The first-order valence-electron chi connectivity index (χ1n) is 6.15. The number of rotatable bonds is 4. The van der Waals surface area contributed by atoms with Gasteiger partial charge in [-0.2, -0.15) is 5.10 Å². The van der Waals surface area contributed by atoms with Gasteiger partial charge in [-0.1, -0.05) is 20.8 Å². The molecule has 7 nitrogen and oxygen atoms in total. The number of carbonyl (C=O) groups is 1. The summed E-state index contributed by atoms with van der Waals surface area (Å²) in [5.74, 6) is 0.0688. The van der Waals surface area contributed by atoms with E-state index >= 15 is 0 Å². The number of nitrogens with one attached hydrogen (secondary N) is 2. The molecule has 0 aliphatic carbocycles. The van der Waals surface area contributed by atoms with E-state index in [0.29, 0.717) is 11.5 Å². The number of aliphatic hydroxyl groups excluding tert-OH is 1. The smallest absolute Gasteiger partial charge is 0.271 e. The molecule has 2 heterocycles. The molecule has 0 bridgehead atoms. The molecule has 2 aromatic heterocycles. The van der Waals surface area contributed by atoms with E-state index in [1.807, 2.05) is 20.8 Å². The van der Waals surface area contributed by atoms with Gasteiger partial charge in [-0.3, -0.25) is 9.89 Å². The maximum absolute atomic E-state index is 12.1. The summed E-state index contributed by atoms with van der Waals surface area (Å²) in [6.07, 6.45) is 1.32. The maximum atomic E-state index is 12.1. The molecule has 0 spiro atoms. The van der Waals surface area contributed by atoms with Gasteiger partial charge in [0.15, 0.2) is 0 Å². The summed E-state index contributed by atoms with van der Waals surface area (Å²) in [6, 6.07) is -0.621. The van der Waals surface area contributed by atoms with E-state index in [0.717, 1.165) is 5.01 Å². The summed E-state index contributed by atoms with van der Waals surface area (Å²) < 4.78 is 0. The zero-order valence-electron chi connectivity index (χ0n) is 11.5. The molecule has 0 unspecified atom stereocenters. The van der Waals surface area contributed by atoms with E-state index in [4.69, 9.17) is 0 Å². The third-order valence-electron chi connectivity index (χ3n) is 2.63. The predicted octanol–water partition coefficient (Wildman–Crippen LogP) is 1.02. The third-order valence-corrected chi connectivity index (χ3v) is 3.90. The highest BCUT2D eigenvalue weighted by atomic mass is 32.1. The minimum atomic E-state index is -0.621. The Hall–Kier alpha value is -1.80. The number of hydrogen-bond donors (Lipinski definition) is 3. The van der Waals surface area contributed by atoms with Crippen LogP contribution in [0.4, 0.5) is 0 Å². The van der Waals surface area contributed by atoms with Crippen molar-refractivity contribution >= 4 is 17.2 Å². The van der Waals surface area contributed by atoms with E-state index in [-0.39, 0.29) is 17.9 Å². The Morgan fingerprint density at radius 3 is 2.80 bits per heavy atom. The van der Waals surface area contributed by atoms with Gasteiger partial charge < -0.3 is 10.4 Å². The molecule has 2 rings (SSSR count). The van der Waals surface area contributed by atoms with Gasteiger partial charge in [0.1, 0.15) is 23.9 Å². The topological polar surface area (TPSA) is 104 Å². The van der Waals surface area contributed by atoms with Crippen LogP contribution in [0.25, 0.3) is 0 Å². The maximum Gasteiger partial charge on any atom is 0.271 e. The zero-order valence-corrected chi connectivity index (χ0v) is 12.4. The highest BCUT2D eigenvalue weighted by molar-refractivity contribution is 7.10. The van der Waals surface area contributed by atoms with Crippen LogP contribution in [0.1, 0.15) is 48.1 Å². The minimum Gasteiger partial charge on any atom is -0.394 e. The molecule has 3 N–H and O–H groups in total. The summed E-state index contributed by atoms with van der Waals surface area (Å²) in [7, 11) is 0. The summed E-state index contributed by atoms with van der Waals surface area (Å²) in [5.41, 5.74) is 0.253. The molecule has 8 heteroatoms. The molecule has 0 fully saturated rings. The Morgan fingerprint density at radius 1 is 1.55 bits per heavy atom. The second-order valence-electron chi connectivity index (χ2n) is 5.37. The van der Waals surface area contributed by atoms with Crippen molar-refractivity contribution in [3.63, 3.8) is 0 Å². The van der Waals surface area contributed by atoms with E-state index in [1.165, 1.54) is 17.7 Å². The van der Waals surface area contributed by atoms with Gasteiger partial charge in [0.2, 0.25) is 0 Å². The first-order valence-corrected chi connectivity index (χ1v) is 7.02. The molecular weight excluding hydrogens is 278 g/mol. The second-order valence-corrected chi connectivity index (χ2v) is 6.23. The molecule has 0 radical (unpaired) electrons. The van der Waals surface area contributed by atoms with E-state index in [2.05, 4.69) is 25.5 Å². The largest absolute Gasteiger partial charge is 0.394 e. The number of H-pyrrole nitrogens is 1. The average Bonchev–Trinajstić information content (AvgIpc) is 3.04. The van der Waals surface area contributed by atoms with Gasteiger partial charge in [0.05, 0.1) is 11.6 Å². The number of amides is 1. The number of aromatic amines is 1. The van der Waals surface area contributed by atoms with Crippen molar-refractivity contribution < 1.29 is 9.90 Å². The molecule has 0 aromatic carbocycles. The van der Waals surface area contributed by atoms with Gasteiger partial charge >= 0.3 is 0 Å². The van der Waals surface area contributed by atoms with Crippen molar-refractivity contribution in [2.24, 2.45) is 0 Å². The number of carbonyl (C=O) groups excluding carboxylic acids is 1. The number of hydrogen-bond acceptors (Lipinski definition) is 6. The Bertz CT molecular complexity index is 573. The third kappa shape index (κ3) is 3.20. The predicted molar refractivity (Wildman–Crippen MR) is 74.5 cm³/mol. The van der Waals surface area contributed by atoms with Crippen molar-refractivity contribution in [3.8, 4) is 0 Å². The number of aromatic nitrogens is 4. The van der Waals surface area contributed by atoms with E-state index in [9.17, 15) is 9.90 Å². The van der Waals surface area contributed by atoms with Gasteiger partial charge in [0, 0.05) is 10.8 Å². The molecule has 0 saturated heterocycles. The summed E-state index contributed by atoms with van der Waals surface area (Å²) in [6.45, 7) is 5.85. The molecule has 20 heavy (non-hydrogen) atoms. The lowest BCUT2D eigenvalue weighted by Crippen LogP contribution is -2.32. The van der Waals surface area contributed by atoms with Crippen molar-refractivity contribution in [1.29, 1.82) is 0 Å². The van der Waals surface area contributed by atoms with Crippen LogP contribution in [-0.2, 0) is 5.41 Å². The first-order chi connectivity index (χ1) is 9.41. The van der Waals surface area contributed by atoms with Gasteiger partial charge in [-0.25, -0.2) is 9.97 Å². The fraction of sp³-hybridized carbons (Fsp3) is 0.500. The molecule has 1 atom stereocenters. The average molecular weight is 295 g/mol. The van der Waals surface area contributed by atoms with Crippen molar-refractivity contribution in [1.82, 2.24) is 25.5 Å². The highest BCUT2D eigenvalue weighted by Crippen LogP contribution is 2.25. The van der Waals surface area contributed by atoms with Crippen LogP contribution in [0, 0.1) is 0 Å². The lowest BCUT2D eigenvalue weighted by Gasteiger charge is -2.14. The van der Waals surface area contributed by atoms with Gasteiger partial charge in [0.25, 0.3) is 5.91 Å². The quantitative estimate of drug-likeness (QED) is 0.781. The van der Waals surface area contributed by atoms with Crippen LogP contribution in [0.15, 0.2) is 11.7 Å². The number of aliphatic hydroxyl groups is 1. The summed E-state index contributed by atoms with van der Waals surface area (Å²) >= 11 is 1.45. The van der Waals surface area contributed by atoms with Gasteiger partial charge in [-0.05, 0) is 0 Å². The standard InChI is InChI=1S/C12H17N5O2S/c1-12(2,3)11-16-8(5-20-11)10(19)15-7(4-18)9-13-6-14-17-9/h5-7,18H,4H2,1-3H3,(H,15,19)(H,13,14,17)/t7-/m1/s1. The monoisotopic (exact) mass is 295 g/mol. The van der Waals surface area contributed by atoms with Crippen LogP contribution in [0.2, 0.25) is 0 Å². The molecular formula is C12H17N5O2S. The Kier molecular flexibility index (Phi) is 4.15. The van der Waals surface area contributed by atoms with E-state index < -0.39 is 6.04 Å². The lowest BCUT2D eigenvalue weighted by molar-refractivity contribution is 0.0908. The van der Waals surface area contributed by atoms with Crippen molar-refractivity contribution in [2.75, 3.05) is 6.61 Å². The highest BCUT2D eigenvalue weighted by Gasteiger charge is 2.22. The SMILES string of the molecule is CC(C)(C)c1nc(C(=O)N[C@H](CO)c2ncn[nH]2)cs1. The van der Waals surface area contributed by atoms with Crippen LogP contribution in [0.3, 0.4) is 0 Å². The summed E-state index contributed by atoms with van der Waals surface area (Å²) in [5, 5.41) is 20.9. The van der Waals surface area contributed by atoms with Crippen molar-refractivity contribution in [3.05, 3.63) is 28.2 Å². The summed E-state index contributed by atoms with van der Waals surface area (Å²) in [4.78, 5) is 20.4. The Balaban J connectivity index is 2.10. The van der Waals surface area contributed by atoms with Crippen LogP contribution < -0.4 is 5.32 Å². The molecule has 0 saturated carbocycles. The normalized spacial score (nSPS) is 13.2. The minimum absolute atomic E-state index is 0.0928. The van der Waals surface area contributed by atoms with Crippen LogP contribution in [0.5, 0.6) is 0 Å².